The van der Waals surface area contributed by atoms with Crippen LogP contribution in [0.25, 0.3) is 0 Å². The minimum atomic E-state index is -2.62. The van der Waals surface area contributed by atoms with E-state index in [1.165, 1.54) is 19.2 Å². The first-order valence-corrected chi connectivity index (χ1v) is 3.82. The molecule has 0 aliphatic rings. The maximum atomic E-state index is 12.3. The summed E-state index contributed by atoms with van der Waals surface area (Å²) in [5, 5.41) is 0. The smallest absolute Gasteiger partial charge is 0.280 e. The lowest BCUT2D eigenvalue weighted by Crippen LogP contribution is -2.03. The molecule has 0 aromatic carbocycles. The molecule has 2 nitrogen and oxygen atoms in total. The largest absolute Gasteiger partial charge is 0.300 e. The van der Waals surface area contributed by atoms with Gasteiger partial charge in [0.15, 0.2) is 0 Å². The summed E-state index contributed by atoms with van der Waals surface area (Å²) >= 11 is 0. The van der Waals surface area contributed by atoms with Crippen LogP contribution in [0, 0.1) is 0 Å². The molecular weight excluding hydrogens is 176 g/mol. The summed E-state index contributed by atoms with van der Waals surface area (Å²) in [5.74, 6) is -0.144. The van der Waals surface area contributed by atoms with Crippen molar-refractivity contribution in [2.75, 3.05) is 0 Å². The number of rotatable bonds is 3. The third-order valence-electron chi connectivity index (χ3n) is 1.57. The van der Waals surface area contributed by atoms with Crippen molar-refractivity contribution in [3.05, 3.63) is 29.6 Å². The molecule has 0 radical (unpaired) electrons. The van der Waals surface area contributed by atoms with Crippen LogP contribution in [0.5, 0.6) is 0 Å². The molecule has 1 rings (SSSR count). The predicted octanol–water partition coefficient (Wildman–Crippen LogP) is 2.15. The first kappa shape index (κ1) is 9.77. The van der Waals surface area contributed by atoms with E-state index >= 15 is 0 Å². The SMILES string of the molecule is CC(=O)Cc1cccnc1C(F)F. The number of aromatic nitrogens is 1. The van der Waals surface area contributed by atoms with Gasteiger partial charge in [-0.3, -0.25) is 9.78 Å². The van der Waals surface area contributed by atoms with Gasteiger partial charge < -0.3 is 0 Å². The highest BCUT2D eigenvalue weighted by molar-refractivity contribution is 5.78. The average molecular weight is 185 g/mol. The van der Waals surface area contributed by atoms with E-state index in [0.29, 0.717) is 5.56 Å². The number of pyridine rings is 1. The third-order valence-corrected chi connectivity index (χ3v) is 1.57. The topological polar surface area (TPSA) is 30.0 Å². The number of nitrogens with zero attached hydrogens (tertiary/aromatic N) is 1. The Bertz CT molecular complexity index is 312. The summed E-state index contributed by atoms with van der Waals surface area (Å²) in [6.07, 6.45) is -1.30. The number of carbonyl (C=O) groups is 1. The van der Waals surface area contributed by atoms with Crippen molar-refractivity contribution >= 4 is 5.78 Å². The zero-order chi connectivity index (χ0) is 9.84. The number of Topliss-reactive ketones (excluding diaryl/α,β-unsaturated/α-hetero) is 1. The molecule has 1 heterocycles. The van der Waals surface area contributed by atoms with Gasteiger partial charge in [0.05, 0.1) is 0 Å². The molecule has 0 bridgehead atoms. The zero-order valence-electron chi connectivity index (χ0n) is 7.13. The molecule has 0 N–H and O–H groups in total. The van der Waals surface area contributed by atoms with Gasteiger partial charge in [-0.2, -0.15) is 0 Å². The Morgan fingerprint density at radius 1 is 1.62 bits per heavy atom. The molecule has 0 saturated heterocycles. The van der Waals surface area contributed by atoms with Gasteiger partial charge in [0.25, 0.3) is 6.43 Å². The van der Waals surface area contributed by atoms with Gasteiger partial charge in [-0.1, -0.05) is 6.07 Å². The monoisotopic (exact) mass is 185 g/mol. The van der Waals surface area contributed by atoms with Crippen LogP contribution >= 0.6 is 0 Å². The van der Waals surface area contributed by atoms with Gasteiger partial charge in [-0.05, 0) is 18.6 Å². The van der Waals surface area contributed by atoms with Gasteiger partial charge in [-0.25, -0.2) is 8.78 Å². The Balaban J connectivity index is 2.97. The second kappa shape index (κ2) is 4.07. The van der Waals surface area contributed by atoms with Crippen LogP contribution in [0.2, 0.25) is 0 Å². The fraction of sp³-hybridized carbons (Fsp3) is 0.333. The normalized spacial score (nSPS) is 10.5. The highest BCUT2D eigenvalue weighted by Crippen LogP contribution is 2.20. The Morgan fingerprint density at radius 3 is 2.85 bits per heavy atom. The zero-order valence-corrected chi connectivity index (χ0v) is 7.13. The molecule has 0 spiro atoms. The van der Waals surface area contributed by atoms with Crippen molar-refractivity contribution in [1.29, 1.82) is 0 Å². The summed E-state index contributed by atoms with van der Waals surface area (Å²) in [4.78, 5) is 14.2. The van der Waals surface area contributed by atoms with Crippen LogP contribution in [0.15, 0.2) is 18.3 Å². The second-order valence-corrected chi connectivity index (χ2v) is 2.73. The van der Waals surface area contributed by atoms with Crippen molar-refractivity contribution in [3.8, 4) is 0 Å². The number of hydrogen-bond acceptors (Lipinski definition) is 2. The summed E-state index contributed by atoms with van der Waals surface area (Å²) < 4.78 is 24.6. The first-order chi connectivity index (χ1) is 6.11. The van der Waals surface area contributed by atoms with Gasteiger partial charge in [0, 0.05) is 12.6 Å². The highest BCUT2D eigenvalue weighted by Gasteiger charge is 2.14. The maximum Gasteiger partial charge on any atom is 0.280 e. The number of halogens is 2. The molecule has 13 heavy (non-hydrogen) atoms. The molecule has 4 heteroatoms. The second-order valence-electron chi connectivity index (χ2n) is 2.73. The standard InChI is InChI=1S/C9H9F2NO/c1-6(13)5-7-3-2-4-12-8(7)9(10)11/h2-4,9H,5H2,1H3. The number of carbonyl (C=O) groups excluding carboxylic acids is 1. The van der Waals surface area contributed by atoms with Gasteiger partial charge in [0.1, 0.15) is 11.5 Å². The molecule has 0 unspecified atom stereocenters. The summed E-state index contributed by atoms with van der Waals surface area (Å²) in [7, 11) is 0. The minimum Gasteiger partial charge on any atom is -0.300 e. The van der Waals surface area contributed by atoms with E-state index in [0.717, 1.165) is 0 Å². The van der Waals surface area contributed by atoms with Crippen LogP contribution in [-0.2, 0) is 11.2 Å². The summed E-state index contributed by atoms with van der Waals surface area (Å²) in [6, 6.07) is 3.04. The predicted molar refractivity (Wildman–Crippen MR) is 43.6 cm³/mol. The Kier molecular flexibility index (Phi) is 3.06. The fourth-order valence-electron chi connectivity index (χ4n) is 1.06. The van der Waals surface area contributed by atoms with Crippen LogP contribution in [0.3, 0.4) is 0 Å². The molecule has 1 aromatic rings. The van der Waals surface area contributed by atoms with Crippen molar-refractivity contribution in [2.24, 2.45) is 0 Å². The molecule has 0 fully saturated rings. The van der Waals surface area contributed by atoms with Crippen LogP contribution in [0.1, 0.15) is 24.6 Å². The Hall–Kier alpha value is -1.32. The number of alkyl halides is 2. The van der Waals surface area contributed by atoms with Gasteiger partial charge in [-0.15, -0.1) is 0 Å². The molecule has 0 aliphatic heterocycles. The first-order valence-electron chi connectivity index (χ1n) is 3.82. The molecule has 1 aromatic heterocycles. The van der Waals surface area contributed by atoms with Crippen LogP contribution in [0.4, 0.5) is 8.78 Å². The van der Waals surface area contributed by atoms with Gasteiger partial charge >= 0.3 is 0 Å². The molecular formula is C9H9F2NO. The number of hydrogen-bond donors (Lipinski definition) is 0. The van der Waals surface area contributed by atoms with Crippen LogP contribution < -0.4 is 0 Å². The quantitative estimate of drug-likeness (QED) is 0.722. The van der Waals surface area contributed by atoms with Crippen LogP contribution in [-0.4, -0.2) is 10.8 Å². The third kappa shape index (κ3) is 2.57. The van der Waals surface area contributed by atoms with Crippen molar-refractivity contribution in [2.45, 2.75) is 19.8 Å². The highest BCUT2D eigenvalue weighted by atomic mass is 19.3. The molecule has 0 saturated carbocycles. The Morgan fingerprint density at radius 2 is 2.31 bits per heavy atom. The Labute approximate surface area is 74.6 Å². The van der Waals surface area contributed by atoms with E-state index < -0.39 is 6.43 Å². The van der Waals surface area contributed by atoms with Crippen molar-refractivity contribution in [3.63, 3.8) is 0 Å². The average Bonchev–Trinajstić information content (AvgIpc) is 2.03. The number of ketones is 1. The van der Waals surface area contributed by atoms with E-state index in [2.05, 4.69) is 4.98 Å². The molecule has 0 atom stereocenters. The van der Waals surface area contributed by atoms with E-state index in [1.54, 1.807) is 6.07 Å². The van der Waals surface area contributed by atoms with E-state index in [4.69, 9.17) is 0 Å². The fourth-order valence-corrected chi connectivity index (χ4v) is 1.06. The molecule has 70 valence electrons. The maximum absolute atomic E-state index is 12.3. The molecule has 0 amide bonds. The van der Waals surface area contributed by atoms with Crippen molar-refractivity contribution < 1.29 is 13.6 Å². The van der Waals surface area contributed by atoms with E-state index in [-0.39, 0.29) is 17.9 Å². The molecule has 0 aliphatic carbocycles. The summed E-state index contributed by atoms with van der Waals surface area (Å²) in [5.41, 5.74) is 0.0164. The minimum absolute atomic E-state index is 0.0213. The van der Waals surface area contributed by atoms with Crippen molar-refractivity contribution in [1.82, 2.24) is 4.98 Å². The lowest BCUT2D eigenvalue weighted by Gasteiger charge is -2.04. The van der Waals surface area contributed by atoms with Gasteiger partial charge in [0.2, 0.25) is 0 Å². The summed E-state index contributed by atoms with van der Waals surface area (Å²) in [6.45, 7) is 1.36. The van der Waals surface area contributed by atoms with E-state index in [1.807, 2.05) is 0 Å². The lowest BCUT2D eigenvalue weighted by atomic mass is 10.1. The lowest BCUT2D eigenvalue weighted by molar-refractivity contribution is -0.116. The van der Waals surface area contributed by atoms with E-state index in [9.17, 15) is 13.6 Å².